The first-order valence-electron chi connectivity index (χ1n) is 12.8. The van der Waals surface area contributed by atoms with E-state index in [0.717, 1.165) is 0 Å². The van der Waals surface area contributed by atoms with Crippen molar-refractivity contribution in [1.82, 2.24) is 0 Å². The van der Waals surface area contributed by atoms with E-state index in [-0.39, 0.29) is 5.41 Å². The van der Waals surface area contributed by atoms with Crippen molar-refractivity contribution in [3.8, 4) is 33.4 Å². The van der Waals surface area contributed by atoms with Gasteiger partial charge in [0.05, 0.1) is 0 Å². The molecule has 0 aliphatic heterocycles. The van der Waals surface area contributed by atoms with Crippen molar-refractivity contribution in [2.45, 2.75) is 26.2 Å². The average Bonchev–Trinajstić information content (AvgIpc) is 3.15. The van der Waals surface area contributed by atoms with Crippen LogP contribution >= 0.6 is 0 Å². The van der Waals surface area contributed by atoms with E-state index in [4.69, 9.17) is 0 Å². The van der Waals surface area contributed by atoms with Gasteiger partial charge < -0.3 is 0 Å². The molecule has 0 saturated carbocycles. The lowest BCUT2D eigenvalue weighted by atomic mass is 9.80. The first-order chi connectivity index (χ1) is 17.5. The third-order valence-electron chi connectivity index (χ3n) is 8.19. The summed E-state index contributed by atoms with van der Waals surface area (Å²) in [7, 11) is 0. The van der Waals surface area contributed by atoms with Crippen molar-refractivity contribution in [1.29, 1.82) is 0 Å². The molecule has 172 valence electrons. The topological polar surface area (TPSA) is 0 Å². The fourth-order valence-corrected chi connectivity index (χ4v) is 6.36. The molecule has 1 aliphatic carbocycles. The van der Waals surface area contributed by atoms with Gasteiger partial charge in [-0.2, -0.15) is 0 Å². The van der Waals surface area contributed by atoms with Crippen LogP contribution < -0.4 is 0 Å². The molecule has 0 saturated heterocycles. The molecule has 0 unspecified atom stereocenters. The van der Waals surface area contributed by atoms with Crippen molar-refractivity contribution in [2.75, 3.05) is 0 Å². The monoisotopic (exact) mass is 460 g/mol. The molecule has 6 aromatic rings. The Hall–Kier alpha value is -4.16. The summed E-state index contributed by atoms with van der Waals surface area (Å²) in [5, 5.41) is 5.32. The molecule has 0 N–H and O–H groups in total. The lowest BCUT2D eigenvalue weighted by Crippen LogP contribution is -2.15. The van der Waals surface area contributed by atoms with Gasteiger partial charge in [-0.1, -0.05) is 123 Å². The van der Waals surface area contributed by atoms with E-state index in [2.05, 4.69) is 136 Å². The summed E-state index contributed by atoms with van der Waals surface area (Å²) in [6.45, 7) is 7.00. The van der Waals surface area contributed by atoms with Crippen LogP contribution in [0.4, 0.5) is 0 Å². The molecule has 0 atom stereocenters. The van der Waals surface area contributed by atoms with Crippen LogP contribution in [-0.2, 0) is 5.41 Å². The third-order valence-corrected chi connectivity index (χ3v) is 8.19. The number of hydrogen-bond donors (Lipinski definition) is 0. The molecule has 0 spiro atoms. The molecule has 0 fully saturated rings. The van der Waals surface area contributed by atoms with E-state index in [1.165, 1.54) is 71.6 Å². The van der Waals surface area contributed by atoms with Crippen LogP contribution in [0.3, 0.4) is 0 Å². The molecule has 0 nitrogen and oxygen atoms in total. The number of hydrogen-bond acceptors (Lipinski definition) is 0. The smallest absolute Gasteiger partial charge is 0.0159 e. The second-order valence-corrected chi connectivity index (χ2v) is 10.6. The fraction of sp³-hybridized carbons (Fsp3) is 0.111. The van der Waals surface area contributed by atoms with Gasteiger partial charge in [-0.15, -0.1) is 0 Å². The highest BCUT2D eigenvalue weighted by atomic mass is 14.4. The zero-order valence-corrected chi connectivity index (χ0v) is 21.0. The van der Waals surface area contributed by atoms with Gasteiger partial charge in [-0.25, -0.2) is 0 Å². The molecule has 0 bridgehead atoms. The Balaban J connectivity index is 1.52. The standard InChI is InChI=1S/C36H28/c1-23-21-26(17-19-27(23)24-11-5-4-6-12-24)31-22-33-35(30-16-10-9-15-29(30)31)34-28-14-8-7-13-25(28)18-20-32(34)36(33,2)3/h4-22H,1-3H3. The Bertz CT molecular complexity index is 1800. The number of aryl methyl sites for hydroxylation is 1. The average molecular weight is 461 g/mol. The zero-order chi connectivity index (χ0) is 24.4. The van der Waals surface area contributed by atoms with Crippen molar-refractivity contribution < 1.29 is 0 Å². The van der Waals surface area contributed by atoms with Gasteiger partial charge >= 0.3 is 0 Å². The summed E-state index contributed by atoms with van der Waals surface area (Å²) in [6, 6.07) is 42.5. The minimum absolute atomic E-state index is 0.0630. The predicted octanol–water partition coefficient (Wildman–Crippen LogP) is 9.94. The van der Waals surface area contributed by atoms with Gasteiger partial charge in [0.2, 0.25) is 0 Å². The van der Waals surface area contributed by atoms with Gasteiger partial charge in [0, 0.05) is 5.41 Å². The van der Waals surface area contributed by atoms with Crippen LogP contribution in [0.25, 0.3) is 54.9 Å². The number of rotatable bonds is 2. The SMILES string of the molecule is Cc1cc(-c2cc3c(c4ccccc24)-c2c(ccc4ccccc24)C3(C)C)ccc1-c1ccccc1. The summed E-state index contributed by atoms with van der Waals surface area (Å²) in [6.07, 6.45) is 0. The highest BCUT2D eigenvalue weighted by molar-refractivity contribution is 6.14. The van der Waals surface area contributed by atoms with Crippen molar-refractivity contribution >= 4 is 21.5 Å². The molecular formula is C36H28. The molecule has 0 radical (unpaired) electrons. The summed E-state index contributed by atoms with van der Waals surface area (Å²) in [5.74, 6) is 0. The normalized spacial score (nSPS) is 13.6. The van der Waals surface area contributed by atoms with Crippen LogP contribution in [0.2, 0.25) is 0 Å². The number of fused-ring (bicyclic) bond motifs is 7. The quantitative estimate of drug-likeness (QED) is 0.241. The Labute approximate surface area is 212 Å². The lowest BCUT2D eigenvalue weighted by Gasteiger charge is -2.23. The van der Waals surface area contributed by atoms with E-state index in [1.807, 2.05) is 0 Å². The van der Waals surface area contributed by atoms with Crippen LogP contribution in [0.15, 0.2) is 115 Å². The van der Waals surface area contributed by atoms with E-state index in [0.29, 0.717) is 0 Å². The lowest BCUT2D eigenvalue weighted by molar-refractivity contribution is 0.661. The minimum atomic E-state index is -0.0630. The van der Waals surface area contributed by atoms with Crippen LogP contribution in [0.1, 0.15) is 30.5 Å². The molecule has 0 heteroatoms. The molecule has 0 amide bonds. The van der Waals surface area contributed by atoms with Gasteiger partial charge in [0.15, 0.2) is 0 Å². The second-order valence-electron chi connectivity index (χ2n) is 10.6. The molecule has 36 heavy (non-hydrogen) atoms. The molecular weight excluding hydrogens is 432 g/mol. The molecule has 7 rings (SSSR count). The maximum absolute atomic E-state index is 2.48. The molecule has 1 aliphatic rings. The zero-order valence-electron chi connectivity index (χ0n) is 21.0. The Morgan fingerprint density at radius 2 is 1.14 bits per heavy atom. The Kier molecular flexibility index (Phi) is 4.51. The second kappa shape index (κ2) is 7.67. The van der Waals surface area contributed by atoms with Crippen LogP contribution in [0.5, 0.6) is 0 Å². The molecule has 6 aromatic carbocycles. The third kappa shape index (κ3) is 2.94. The van der Waals surface area contributed by atoms with E-state index in [1.54, 1.807) is 0 Å². The maximum Gasteiger partial charge on any atom is 0.0159 e. The van der Waals surface area contributed by atoms with Crippen LogP contribution in [-0.4, -0.2) is 0 Å². The van der Waals surface area contributed by atoms with Gasteiger partial charge in [0.1, 0.15) is 0 Å². The Morgan fingerprint density at radius 3 is 1.92 bits per heavy atom. The van der Waals surface area contributed by atoms with Crippen molar-refractivity contribution in [3.05, 3.63) is 132 Å². The molecule has 0 heterocycles. The highest BCUT2D eigenvalue weighted by Gasteiger charge is 2.38. The summed E-state index contributed by atoms with van der Waals surface area (Å²) in [4.78, 5) is 0. The summed E-state index contributed by atoms with van der Waals surface area (Å²) < 4.78 is 0. The number of benzene rings is 6. The minimum Gasteiger partial charge on any atom is -0.0622 e. The molecule has 0 aromatic heterocycles. The van der Waals surface area contributed by atoms with E-state index < -0.39 is 0 Å². The maximum atomic E-state index is 2.48. The van der Waals surface area contributed by atoms with Crippen molar-refractivity contribution in [3.63, 3.8) is 0 Å². The largest absolute Gasteiger partial charge is 0.0622 e. The summed E-state index contributed by atoms with van der Waals surface area (Å²) in [5.41, 5.74) is 12.1. The first-order valence-corrected chi connectivity index (χ1v) is 12.8. The van der Waals surface area contributed by atoms with Gasteiger partial charge in [-0.3, -0.25) is 0 Å². The summed E-state index contributed by atoms with van der Waals surface area (Å²) >= 11 is 0. The first kappa shape index (κ1) is 21.1. The van der Waals surface area contributed by atoms with Crippen LogP contribution in [0, 0.1) is 6.92 Å². The van der Waals surface area contributed by atoms with Gasteiger partial charge in [-0.05, 0) is 84.6 Å². The fourth-order valence-electron chi connectivity index (χ4n) is 6.36. The predicted molar refractivity (Wildman–Crippen MR) is 155 cm³/mol. The highest BCUT2D eigenvalue weighted by Crippen LogP contribution is 2.55. The van der Waals surface area contributed by atoms with Crippen molar-refractivity contribution in [2.24, 2.45) is 0 Å². The van der Waals surface area contributed by atoms with Gasteiger partial charge in [0.25, 0.3) is 0 Å². The van der Waals surface area contributed by atoms with E-state index >= 15 is 0 Å². The van der Waals surface area contributed by atoms with E-state index in [9.17, 15) is 0 Å². The Morgan fingerprint density at radius 1 is 0.472 bits per heavy atom.